The predicted molar refractivity (Wildman–Crippen MR) is 110 cm³/mol. The minimum absolute atomic E-state index is 0.0894. The summed E-state index contributed by atoms with van der Waals surface area (Å²) in [6, 6.07) is 11.3. The van der Waals surface area contributed by atoms with Crippen molar-refractivity contribution >= 4 is 11.7 Å². The molecule has 0 aliphatic carbocycles. The number of anilines is 1. The van der Waals surface area contributed by atoms with Crippen molar-refractivity contribution in [2.24, 2.45) is 0 Å². The number of rotatable bonds is 4. The molecule has 32 heavy (non-hydrogen) atoms. The average Bonchev–Trinajstić information content (AvgIpc) is 3.29. The highest BCUT2D eigenvalue weighted by molar-refractivity contribution is 5.89. The molecule has 1 aromatic heterocycles. The third-order valence-corrected chi connectivity index (χ3v) is 5.29. The van der Waals surface area contributed by atoms with Crippen LogP contribution in [0.2, 0.25) is 0 Å². The summed E-state index contributed by atoms with van der Waals surface area (Å²) < 4.78 is 49.3. The van der Waals surface area contributed by atoms with Crippen LogP contribution in [0.4, 0.5) is 23.7 Å². The second kappa shape index (κ2) is 8.89. The Morgan fingerprint density at radius 3 is 2.72 bits per heavy atom. The summed E-state index contributed by atoms with van der Waals surface area (Å²) in [4.78, 5) is 18.7. The van der Waals surface area contributed by atoms with Gasteiger partial charge in [0.25, 0.3) is 0 Å². The fourth-order valence-electron chi connectivity index (χ4n) is 3.60. The van der Waals surface area contributed by atoms with Crippen LogP contribution in [0, 0.1) is 0 Å². The van der Waals surface area contributed by atoms with Gasteiger partial charge in [0.1, 0.15) is 5.75 Å². The number of benzene rings is 2. The van der Waals surface area contributed by atoms with Crippen LogP contribution in [-0.4, -0.2) is 41.3 Å². The molecule has 168 valence electrons. The molecule has 1 aliphatic rings. The quantitative estimate of drug-likeness (QED) is 0.598. The molecule has 2 aromatic carbocycles. The second-order valence-electron chi connectivity index (χ2n) is 7.48. The van der Waals surface area contributed by atoms with Crippen molar-refractivity contribution in [3.8, 4) is 17.1 Å². The van der Waals surface area contributed by atoms with Gasteiger partial charge in [0.05, 0.1) is 18.6 Å². The van der Waals surface area contributed by atoms with E-state index in [1.165, 1.54) is 12.1 Å². The van der Waals surface area contributed by atoms with E-state index < -0.39 is 17.8 Å². The number of amides is 2. The van der Waals surface area contributed by atoms with Crippen molar-refractivity contribution in [2.75, 3.05) is 25.5 Å². The molecule has 1 atom stereocenters. The highest BCUT2D eigenvalue weighted by Crippen LogP contribution is 2.31. The number of alkyl halides is 3. The fraction of sp³-hybridized carbons (Fsp3) is 0.318. The van der Waals surface area contributed by atoms with E-state index in [9.17, 15) is 18.0 Å². The predicted octanol–water partition coefficient (Wildman–Crippen LogP) is 5.18. The second-order valence-corrected chi connectivity index (χ2v) is 7.48. The number of hydrogen-bond donors (Lipinski definition) is 1. The molecular weight excluding hydrogens is 425 g/mol. The number of nitrogens with zero attached hydrogens (tertiary/aromatic N) is 3. The first-order valence-corrected chi connectivity index (χ1v) is 10.0. The zero-order valence-corrected chi connectivity index (χ0v) is 17.2. The molecule has 2 heterocycles. The Morgan fingerprint density at radius 2 is 2.00 bits per heavy atom. The zero-order valence-electron chi connectivity index (χ0n) is 17.2. The van der Waals surface area contributed by atoms with Crippen LogP contribution >= 0.6 is 0 Å². The highest BCUT2D eigenvalue weighted by Gasteiger charge is 2.31. The summed E-state index contributed by atoms with van der Waals surface area (Å²) >= 11 is 0. The Hall–Kier alpha value is -3.56. The molecule has 0 saturated carbocycles. The van der Waals surface area contributed by atoms with Gasteiger partial charge in [-0.25, -0.2) is 4.79 Å². The number of ether oxygens (including phenoxy) is 1. The van der Waals surface area contributed by atoms with E-state index in [1.54, 1.807) is 24.1 Å². The number of nitrogens with one attached hydrogen (secondary N) is 1. The lowest BCUT2D eigenvalue weighted by molar-refractivity contribution is -0.137. The van der Waals surface area contributed by atoms with E-state index in [0.29, 0.717) is 37.0 Å². The maximum absolute atomic E-state index is 12.9. The van der Waals surface area contributed by atoms with Gasteiger partial charge >= 0.3 is 12.2 Å². The van der Waals surface area contributed by atoms with E-state index >= 15 is 0 Å². The Morgan fingerprint density at radius 1 is 1.22 bits per heavy atom. The molecule has 4 rings (SSSR count). The molecule has 0 radical (unpaired) electrons. The standard InChI is InChI=1S/C22H21F3N4O3/c1-31-18-9-7-14(8-10-18)19-27-20(32-28-19)15-4-3-11-29(13-15)21(30)26-17-6-2-5-16(12-17)22(23,24)25/h2,5-10,12,15H,3-4,11,13H2,1H3,(H,26,30). The smallest absolute Gasteiger partial charge is 0.416 e. The molecule has 1 N–H and O–H groups in total. The molecule has 10 heteroatoms. The van der Waals surface area contributed by atoms with Crippen LogP contribution in [0.15, 0.2) is 53.1 Å². The first-order chi connectivity index (χ1) is 15.3. The molecule has 0 spiro atoms. The third-order valence-electron chi connectivity index (χ3n) is 5.29. The highest BCUT2D eigenvalue weighted by atomic mass is 19.4. The van der Waals surface area contributed by atoms with E-state index in [4.69, 9.17) is 9.26 Å². The first-order valence-electron chi connectivity index (χ1n) is 10.0. The number of methoxy groups -OCH3 is 1. The molecule has 1 unspecified atom stereocenters. The van der Waals surface area contributed by atoms with Crippen molar-refractivity contribution < 1.29 is 27.2 Å². The lowest BCUT2D eigenvalue weighted by Crippen LogP contribution is -2.41. The van der Waals surface area contributed by atoms with E-state index in [1.807, 2.05) is 12.1 Å². The maximum atomic E-state index is 12.9. The van der Waals surface area contributed by atoms with E-state index in [-0.39, 0.29) is 11.6 Å². The summed E-state index contributed by atoms with van der Waals surface area (Å²) in [5.41, 5.74) is 0.0472. The number of aromatic nitrogens is 2. The van der Waals surface area contributed by atoms with Crippen LogP contribution in [0.25, 0.3) is 11.4 Å². The van der Waals surface area contributed by atoms with Gasteiger partial charge in [-0.15, -0.1) is 0 Å². The maximum Gasteiger partial charge on any atom is 0.416 e. The molecule has 1 saturated heterocycles. The van der Waals surface area contributed by atoms with Gasteiger partial charge < -0.3 is 19.5 Å². The van der Waals surface area contributed by atoms with E-state index in [0.717, 1.165) is 24.1 Å². The van der Waals surface area contributed by atoms with Crippen molar-refractivity contribution in [1.82, 2.24) is 15.0 Å². The molecular formula is C22H21F3N4O3. The number of halogens is 3. The number of urea groups is 1. The van der Waals surface area contributed by atoms with Crippen LogP contribution in [0.3, 0.4) is 0 Å². The average molecular weight is 446 g/mol. The minimum Gasteiger partial charge on any atom is -0.497 e. The number of carbonyl (C=O) groups is 1. The first kappa shape index (κ1) is 21.7. The number of likely N-dealkylation sites (tertiary alicyclic amines) is 1. The molecule has 0 bridgehead atoms. The lowest BCUT2D eigenvalue weighted by atomic mass is 9.98. The zero-order chi connectivity index (χ0) is 22.7. The Kier molecular flexibility index (Phi) is 6.02. The van der Waals surface area contributed by atoms with Crippen molar-refractivity contribution in [3.05, 3.63) is 60.0 Å². The van der Waals surface area contributed by atoms with Crippen molar-refractivity contribution in [3.63, 3.8) is 0 Å². The van der Waals surface area contributed by atoms with Crippen LogP contribution in [0.1, 0.15) is 30.2 Å². The molecule has 1 aliphatic heterocycles. The van der Waals surface area contributed by atoms with Gasteiger partial charge in [-0.1, -0.05) is 11.2 Å². The Labute approximate surface area is 182 Å². The largest absolute Gasteiger partial charge is 0.497 e. The van der Waals surface area contributed by atoms with Gasteiger partial charge in [-0.3, -0.25) is 0 Å². The molecule has 7 nitrogen and oxygen atoms in total. The molecule has 3 aromatic rings. The number of piperidine rings is 1. The summed E-state index contributed by atoms with van der Waals surface area (Å²) in [5.74, 6) is 1.42. The van der Waals surface area contributed by atoms with Crippen molar-refractivity contribution in [1.29, 1.82) is 0 Å². The third kappa shape index (κ3) is 4.84. The van der Waals surface area contributed by atoms with Gasteiger partial charge in [0.2, 0.25) is 11.7 Å². The molecule has 2 amide bonds. The van der Waals surface area contributed by atoms with Gasteiger partial charge in [0, 0.05) is 24.3 Å². The molecule has 1 fully saturated rings. The topological polar surface area (TPSA) is 80.5 Å². The minimum atomic E-state index is -4.48. The summed E-state index contributed by atoms with van der Waals surface area (Å²) in [7, 11) is 1.58. The monoisotopic (exact) mass is 446 g/mol. The van der Waals surface area contributed by atoms with Gasteiger partial charge in [0.15, 0.2) is 0 Å². The fourth-order valence-corrected chi connectivity index (χ4v) is 3.60. The van der Waals surface area contributed by atoms with Crippen LogP contribution < -0.4 is 10.1 Å². The summed E-state index contributed by atoms with van der Waals surface area (Å²) in [5, 5.41) is 6.58. The van der Waals surface area contributed by atoms with Crippen LogP contribution in [-0.2, 0) is 6.18 Å². The normalized spacial score (nSPS) is 16.6. The Bertz CT molecular complexity index is 1080. The van der Waals surface area contributed by atoms with E-state index in [2.05, 4.69) is 15.5 Å². The summed E-state index contributed by atoms with van der Waals surface area (Å²) in [6.07, 6.45) is -3.00. The van der Waals surface area contributed by atoms with Gasteiger partial charge in [-0.2, -0.15) is 18.2 Å². The van der Waals surface area contributed by atoms with Gasteiger partial charge in [-0.05, 0) is 55.3 Å². The van der Waals surface area contributed by atoms with Crippen molar-refractivity contribution in [2.45, 2.75) is 24.9 Å². The van der Waals surface area contributed by atoms with Crippen LogP contribution in [0.5, 0.6) is 5.75 Å². The lowest BCUT2D eigenvalue weighted by Gasteiger charge is -2.31. The Balaban J connectivity index is 1.42. The number of hydrogen-bond acceptors (Lipinski definition) is 5. The number of carbonyl (C=O) groups excluding carboxylic acids is 1. The SMILES string of the molecule is COc1ccc(-c2noc(C3CCCN(C(=O)Nc4cccc(C(F)(F)F)c4)C3)n2)cc1. The summed E-state index contributed by atoms with van der Waals surface area (Å²) in [6.45, 7) is 0.815.